The number of rotatable bonds is 2. The van der Waals surface area contributed by atoms with Crippen molar-refractivity contribution in [3.8, 4) is 11.5 Å². The van der Waals surface area contributed by atoms with E-state index < -0.39 is 0 Å². The Balaban J connectivity index is 1.71. The van der Waals surface area contributed by atoms with E-state index in [0.717, 1.165) is 25.9 Å². The summed E-state index contributed by atoms with van der Waals surface area (Å²) in [5.74, 6) is 1.03. The van der Waals surface area contributed by atoms with Crippen LogP contribution in [-0.4, -0.2) is 43.8 Å². The summed E-state index contributed by atoms with van der Waals surface area (Å²) in [6.07, 6.45) is 1.93. The number of nitrogens with two attached hydrogens (primary N) is 1. The van der Waals surface area contributed by atoms with Crippen molar-refractivity contribution in [1.82, 2.24) is 10.2 Å². The Morgan fingerprint density at radius 2 is 1.95 bits per heavy atom. The number of hydrogen-bond acceptors (Lipinski definition) is 5. The molecule has 0 aliphatic carbocycles. The molecule has 3 N–H and O–H groups in total. The topological polar surface area (TPSA) is 76.8 Å². The standard InChI is InChI=1S/C14H19N3O3/c1-17-4-2-9(3-5-17)16-14(18)10-6-12-13(7-11(10)15)20-8-19-12/h6-7,9H,2-5,8,15H2,1H3,(H,16,18). The molecule has 2 aliphatic heterocycles. The van der Waals surface area contributed by atoms with Gasteiger partial charge in [0.25, 0.3) is 5.91 Å². The number of carbonyl (C=O) groups excluding carboxylic acids is 1. The lowest BCUT2D eigenvalue weighted by Gasteiger charge is -2.29. The Labute approximate surface area is 117 Å². The first-order valence-electron chi connectivity index (χ1n) is 6.82. The van der Waals surface area contributed by atoms with Crippen LogP contribution in [0.5, 0.6) is 11.5 Å². The fraction of sp³-hybridized carbons (Fsp3) is 0.500. The minimum Gasteiger partial charge on any atom is -0.454 e. The molecule has 0 bridgehead atoms. The fourth-order valence-corrected chi connectivity index (χ4v) is 2.57. The molecular formula is C14H19N3O3. The van der Waals surface area contributed by atoms with Gasteiger partial charge in [0.15, 0.2) is 11.5 Å². The average Bonchev–Trinajstić information content (AvgIpc) is 2.87. The maximum absolute atomic E-state index is 12.3. The van der Waals surface area contributed by atoms with Crippen LogP contribution < -0.4 is 20.5 Å². The summed E-state index contributed by atoms with van der Waals surface area (Å²) in [4.78, 5) is 14.6. The van der Waals surface area contributed by atoms with E-state index in [4.69, 9.17) is 15.2 Å². The normalized spacial score (nSPS) is 19.1. The van der Waals surface area contributed by atoms with Gasteiger partial charge < -0.3 is 25.4 Å². The zero-order valence-electron chi connectivity index (χ0n) is 11.5. The third-order valence-corrected chi connectivity index (χ3v) is 3.84. The molecule has 6 heteroatoms. The molecule has 108 valence electrons. The average molecular weight is 277 g/mol. The molecule has 1 aromatic carbocycles. The highest BCUT2D eigenvalue weighted by Gasteiger charge is 2.23. The Morgan fingerprint density at radius 3 is 2.65 bits per heavy atom. The molecule has 0 aromatic heterocycles. The fourth-order valence-electron chi connectivity index (χ4n) is 2.57. The monoisotopic (exact) mass is 277 g/mol. The number of hydrogen-bond donors (Lipinski definition) is 2. The zero-order chi connectivity index (χ0) is 14.1. The van der Waals surface area contributed by atoms with Gasteiger partial charge in [0.1, 0.15) is 0 Å². The molecular weight excluding hydrogens is 258 g/mol. The second-order valence-corrected chi connectivity index (χ2v) is 5.34. The van der Waals surface area contributed by atoms with Gasteiger partial charge in [-0.05, 0) is 39.0 Å². The van der Waals surface area contributed by atoms with E-state index in [2.05, 4.69) is 17.3 Å². The van der Waals surface area contributed by atoms with E-state index >= 15 is 0 Å². The van der Waals surface area contributed by atoms with E-state index in [1.165, 1.54) is 0 Å². The van der Waals surface area contributed by atoms with E-state index in [9.17, 15) is 4.79 Å². The Kier molecular flexibility index (Phi) is 3.40. The number of fused-ring (bicyclic) bond motifs is 1. The van der Waals surface area contributed by atoms with E-state index in [-0.39, 0.29) is 18.7 Å². The number of amides is 1. The van der Waals surface area contributed by atoms with Gasteiger partial charge in [-0.25, -0.2) is 0 Å². The first-order valence-corrected chi connectivity index (χ1v) is 6.82. The van der Waals surface area contributed by atoms with Gasteiger partial charge in [-0.3, -0.25) is 4.79 Å². The van der Waals surface area contributed by atoms with Gasteiger partial charge in [-0.15, -0.1) is 0 Å². The van der Waals surface area contributed by atoms with Gasteiger partial charge in [-0.1, -0.05) is 0 Å². The number of piperidine rings is 1. The highest BCUT2D eigenvalue weighted by Crippen LogP contribution is 2.35. The van der Waals surface area contributed by atoms with Crippen LogP contribution >= 0.6 is 0 Å². The molecule has 6 nitrogen and oxygen atoms in total. The highest BCUT2D eigenvalue weighted by atomic mass is 16.7. The van der Waals surface area contributed by atoms with Crippen molar-refractivity contribution in [3.05, 3.63) is 17.7 Å². The number of ether oxygens (including phenoxy) is 2. The SMILES string of the molecule is CN1CCC(NC(=O)c2cc3c(cc2N)OCO3)CC1. The molecule has 1 aromatic rings. The summed E-state index contributed by atoms with van der Waals surface area (Å²) in [5.41, 5.74) is 6.79. The molecule has 1 saturated heterocycles. The van der Waals surface area contributed by atoms with Gasteiger partial charge in [0.2, 0.25) is 6.79 Å². The van der Waals surface area contributed by atoms with Crippen molar-refractivity contribution >= 4 is 11.6 Å². The lowest BCUT2D eigenvalue weighted by molar-refractivity contribution is 0.0917. The van der Waals surface area contributed by atoms with Crippen LogP contribution in [0, 0.1) is 0 Å². The number of benzene rings is 1. The molecule has 1 amide bonds. The predicted molar refractivity (Wildman–Crippen MR) is 75.0 cm³/mol. The van der Waals surface area contributed by atoms with Crippen LogP contribution in [-0.2, 0) is 0 Å². The lowest BCUT2D eigenvalue weighted by atomic mass is 10.0. The molecule has 0 saturated carbocycles. The van der Waals surface area contributed by atoms with Crippen molar-refractivity contribution in [2.45, 2.75) is 18.9 Å². The van der Waals surface area contributed by atoms with Crippen molar-refractivity contribution in [1.29, 1.82) is 0 Å². The molecule has 1 fully saturated rings. The first-order chi connectivity index (χ1) is 9.63. The zero-order valence-corrected chi connectivity index (χ0v) is 11.5. The Hall–Kier alpha value is -1.95. The van der Waals surface area contributed by atoms with E-state index in [1.807, 2.05) is 0 Å². The predicted octanol–water partition coefficient (Wildman–Crippen LogP) is 0.822. The second-order valence-electron chi connectivity index (χ2n) is 5.34. The summed E-state index contributed by atoms with van der Waals surface area (Å²) < 4.78 is 10.5. The molecule has 2 heterocycles. The highest BCUT2D eigenvalue weighted by molar-refractivity contribution is 6.00. The summed E-state index contributed by atoms with van der Waals surface area (Å²) in [5, 5.41) is 3.05. The molecule has 0 spiro atoms. The maximum Gasteiger partial charge on any atom is 0.253 e. The smallest absolute Gasteiger partial charge is 0.253 e. The van der Waals surface area contributed by atoms with Crippen molar-refractivity contribution in [3.63, 3.8) is 0 Å². The minimum absolute atomic E-state index is 0.143. The molecule has 20 heavy (non-hydrogen) atoms. The molecule has 2 aliphatic rings. The number of nitrogens with one attached hydrogen (secondary N) is 1. The Morgan fingerprint density at radius 1 is 1.30 bits per heavy atom. The Bertz CT molecular complexity index is 525. The van der Waals surface area contributed by atoms with Crippen molar-refractivity contribution in [2.75, 3.05) is 32.7 Å². The summed E-state index contributed by atoms with van der Waals surface area (Å²) >= 11 is 0. The van der Waals surface area contributed by atoms with E-state index in [0.29, 0.717) is 22.7 Å². The van der Waals surface area contributed by atoms with Crippen LogP contribution in [0.4, 0.5) is 5.69 Å². The van der Waals surface area contributed by atoms with Crippen molar-refractivity contribution in [2.24, 2.45) is 0 Å². The van der Waals surface area contributed by atoms with Crippen LogP contribution in [0.2, 0.25) is 0 Å². The maximum atomic E-state index is 12.3. The number of anilines is 1. The van der Waals surface area contributed by atoms with E-state index in [1.54, 1.807) is 12.1 Å². The number of likely N-dealkylation sites (tertiary alicyclic amines) is 1. The summed E-state index contributed by atoms with van der Waals surface area (Å²) in [7, 11) is 2.09. The molecule has 0 atom stereocenters. The third kappa shape index (κ3) is 2.51. The number of nitrogen functional groups attached to an aromatic ring is 1. The van der Waals surface area contributed by atoms with Crippen molar-refractivity contribution < 1.29 is 14.3 Å². The van der Waals surface area contributed by atoms with Gasteiger partial charge >= 0.3 is 0 Å². The van der Waals surface area contributed by atoms with Gasteiger partial charge in [0.05, 0.1) is 5.56 Å². The van der Waals surface area contributed by atoms with Crippen LogP contribution in [0.15, 0.2) is 12.1 Å². The minimum atomic E-state index is -0.143. The quantitative estimate of drug-likeness (QED) is 0.783. The van der Waals surface area contributed by atoms with Gasteiger partial charge in [0, 0.05) is 17.8 Å². The van der Waals surface area contributed by atoms with Crippen LogP contribution in [0.1, 0.15) is 23.2 Å². The molecule has 0 radical (unpaired) electrons. The second kappa shape index (κ2) is 5.20. The number of carbonyl (C=O) groups is 1. The van der Waals surface area contributed by atoms with Crippen LogP contribution in [0.25, 0.3) is 0 Å². The number of nitrogens with zero attached hydrogens (tertiary/aromatic N) is 1. The molecule has 0 unspecified atom stereocenters. The van der Waals surface area contributed by atoms with Crippen LogP contribution in [0.3, 0.4) is 0 Å². The summed E-state index contributed by atoms with van der Waals surface area (Å²) in [6.45, 7) is 2.18. The largest absolute Gasteiger partial charge is 0.454 e. The lowest BCUT2D eigenvalue weighted by Crippen LogP contribution is -2.43. The first kappa shape index (κ1) is 13.1. The van der Waals surface area contributed by atoms with Gasteiger partial charge in [-0.2, -0.15) is 0 Å². The molecule has 3 rings (SSSR count). The third-order valence-electron chi connectivity index (χ3n) is 3.84. The summed E-state index contributed by atoms with van der Waals surface area (Å²) in [6, 6.07) is 3.51.